The van der Waals surface area contributed by atoms with E-state index in [2.05, 4.69) is 41.2 Å². The van der Waals surface area contributed by atoms with Crippen molar-refractivity contribution in [3.63, 3.8) is 0 Å². The summed E-state index contributed by atoms with van der Waals surface area (Å²) < 4.78 is 7.26. The number of nitrogens with zero attached hydrogens (tertiary/aromatic N) is 3. The molecule has 158 valence electrons. The topological polar surface area (TPSA) is 45.7 Å². The summed E-state index contributed by atoms with van der Waals surface area (Å²) >= 11 is 1.57. The Bertz CT molecular complexity index is 1250. The van der Waals surface area contributed by atoms with E-state index in [4.69, 9.17) is 4.74 Å². The van der Waals surface area contributed by atoms with E-state index in [0.717, 1.165) is 50.1 Å². The van der Waals surface area contributed by atoms with E-state index in [-0.39, 0.29) is 12.0 Å². The van der Waals surface area contributed by atoms with Crippen molar-refractivity contribution < 1.29 is 9.53 Å². The number of pyridine rings is 1. The molecule has 3 heterocycles. The van der Waals surface area contributed by atoms with E-state index in [9.17, 15) is 4.79 Å². The number of rotatable bonds is 4. The quantitative estimate of drug-likeness (QED) is 0.469. The number of thiophene rings is 1. The van der Waals surface area contributed by atoms with Gasteiger partial charge in [-0.25, -0.2) is 0 Å². The predicted molar refractivity (Wildman–Crippen MR) is 126 cm³/mol. The molecule has 31 heavy (non-hydrogen) atoms. The Kier molecular flexibility index (Phi) is 5.44. The highest BCUT2D eigenvalue weighted by Crippen LogP contribution is 2.38. The molecule has 1 fully saturated rings. The summed E-state index contributed by atoms with van der Waals surface area (Å²) in [5.41, 5.74) is 3.07. The Labute approximate surface area is 185 Å². The van der Waals surface area contributed by atoms with Gasteiger partial charge in [-0.3, -0.25) is 9.78 Å². The van der Waals surface area contributed by atoms with Crippen LogP contribution in [0.4, 0.5) is 0 Å². The van der Waals surface area contributed by atoms with E-state index in [1.807, 2.05) is 42.3 Å². The standard InChI is InChI=1S/C25H25N3O2S/c1-27-13-14-30-21(16-27)23-19-8-3-4-11-22(19)31-24(23)25(29)28(2)15-17-7-5-10-20-18(17)9-6-12-26-20/h3-12,21H,13-16H2,1-2H3/t21-/m1/s1. The van der Waals surface area contributed by atoms with E-state index < -0.39 is 0 Å². The molecule has 1 saturated heterocycles. The number of amides is 1. The van der Waals surface area contributed by atoms with Gasteiger partial charge in [-0.2, -0.15) is 0 Å². The zero-order chi connectivity index (χ0) is 21.4. The van der Waals surface area contributed by atoms with Gasteiger partial charge in [-0.05, 0) is 36.2 Å². The lowest BCUT2D eigenvalue weighted by atomic mass is 10.0. The molecule has 4 aromatic rings. The molecule has 0 N–H and O–H groups in total. The fraction of sp³-hybridized carbons (Fsp3) is 0.280. The van der Waals surface area contributed by atoms with Crippen LogP contribution in [-0.2, 0) is 11.3 Å². The molecule has 2 aromatic heterocycles. The normalized spacial score (nSPS) is 17.3. The number of hydrogen-bond donors (Lipinski definition) is 0. The minimum absolute atomic E-state index is 0.0360. The first-order valence-corrected chi connectivity index (χ1v) is 11.3. The lowest BCUT2D eigenvalue weighted by Gasteiger charge is -2.31. The van der Waals surface area contributed by atoms with Crippen LogP contribution >= 0.6 is 11.3 Å². The van der Waals surface area contributed by atoms with Crippen LogP contribution in [-0.4, -0.2) is 54.5 Å². The molecule has 1 aliphatic heterocycles. The Morgan fingerprint density at radius 3 is 2.87 bits per heavy atom. The smallest absolute Gasteiger partial charge is 0.264 e. The molecule has 5 rings (SSSR count). The zero-order valence-electron chi connectivity index (χ0n) is 17.7. The van der Waals surface area contributed by atoms with Crippen LogP contribution in [0.5, 0.6) is 0 Å². The van der Waals surface area contributed by atoms with Crippen molar-refractivity contribution in [2.24, 2.45) is 0 Å². The number of aromatic nitrogens is 1. The zero-order valence-corrected chi connectivity index (χ0v) is 18.6. The van der Waals surface area contributed by atoms with Crippen LogP contribution in [0.25, 0.3) is 21.0 Å². The van der Waals surface area contributed by atoms with Gasteiger partial charge in [0.25, 0.3) is 5.91 Å². The molecule has 1 amide bonds. The summed E-state index contributed by atoms with van der Waals surface area (Å²) in [7, 11) is 3.98. The third kappa shape index (κ3) is 3.83. The summed E-state index contributed by atoms with van der Waals surface area (Å²) in [6.07, 6.45) is 1.70. The molecule has 0 radical (unpaired) electrons. The van der Waals surface area contributed by atoms with Gasteiger partial charge < -0.3 is 14.5 Å². The first-order valence-electron chi connectivity index (χ1n) is 10.5. The maximum Gasteiger partial charge on any atom is 0.264 e. The summed E-state index contributed by atoms with van der Waals surface area (Å²) in [4.78, 5) is 22.9. The number of likely N-dealkylation sites (N-methyl/N-ethyl adjacent to an activating group) is 1. The second-order valence-corrected chi connectivity index (χ2v) is 9.16. The highest BCUT2D eigenvalue weighted by Gasteiger charge is 2.30. The SMILES string of the molecule is CN1CCO[C@@H](c2c(C(=O)N(C)Cc3cccc4ncccc34)sc3ccccc23)C1. The van der Waals surface area contributed by atoms with Gasteiger partial charge in [0.05, 0.1) is 23.1 Å². The number of carbonyl (C=O) groups excluding carboxylic acids is 1. The first-order chi connectivity index (χ1) is 15.1. The van der Waals surface area contributed by atoms with Gasteiger partial charge in [0.1, 0.15) is 0 Å². The Hall–Kier alpha value is -2.80. The molecule has 0 bridgehead atoms. The number of ether oxygens (including phenoxy) is 1. The molecule has 6 heteroatoms. The Balaban J connectivity index is 1.51. The average Bonchev–Trinajstić information content (AvgIpc) is 3.18. The number of fused-ring (bicyclic) bond motifs is 2. The highest BCUT2D eigenvalue weighted by atomic mass is 32.1. The molecule has 0 aliphatic carbocycles. The van der Waals surface area contributed by atoms with Gasteiger partial charge >= 0.3 is 0 Å². The number of hydrogen-bond acceptors (Lipinski definition) is 5. The summed E-state index contributed by atoms with van der Waals surface area (Å²) in [5, 5.41) is 2.21. The largest absolute Gasteiger partial charge is 0.371 e. The maximum absolute atomic E-state index is 13.7. The van der Waals surface area contributed by atoms with Crippen molar-refractivity contribution in [1.82, 2.24) is 14.8 Å². The molecule has 1 aliphatic rings. The van der Waals surface area contributed by atoms with Crippen molar-refractivity contribution in [2.45, 2.75) is 12.6 Å². The second-order valence-electron chi connectivity index (χ2n) is 8.11. The van der Waals surface area contributed by atoms with Crippen LogP contribution < -0.4 is 0 Å². The number of morpholine rings is 1. The third-order valence-corrected chi connectivity index (χ3v) is 7.08. The summed E-state index contributed by atoms with van der Waals surface area (Å²) in [5.74, 6) is 0.0360. The Morgan fingerprint density at radius 1 is 1.16 bits per heavy atom. The van der Waals surface area contributed by atoms with E-state index in [0.29, 0.717) is 13.2 Å². The monoisotopic (exact) mass is 431 g/mol. The van der Waals surface area contributed by atoms with Crippen molar-refractivity contribution >= 4 is 38.2 Å². The van der Waals surface area contributed by atoms with Crippen molar-refractivity contribution in [3.8, 4) is 0 Å². The molecule has 5 nitrogen and oxygen atoms in total. The van der Waals surface area contributed by atoms with Crippen LogP contribution in [0.1, 0.15) is 26.9 Å². The second kappa shape index (κ2) is 8.38. The van der Waals surface area contributed by atoms with Gasteiger partial charge in [0.2, 0.25) is 0 Å². The van der Waals surface area contributed by atoms with Crippen LogP contribution in [0.2, 0.25) is 0 Å². The van der Waals surface area contributed by atoms with Gasteiger partial charge in [-0.1, -0.05) is 36.4 Å². The van der Waals surface area contributed by atoms with Crippen molar-refractivity contribution in [3.05, 3.63) is 76.8 Å². The summed E-state index contributed by atoms with van der Waals surface area (Å²) in [6, 6.07) is 18.3. The molecular formula is C25H25N3O2S. The lowest BCUT2D eigenvalue weighted by molar-refractivity contribution is -0.0203. The minimum atomic E-state index is -0.0935. The number of carbonyl (C=O) groups is 1. The van der Waals surface area contributed by atoms with Gasteiger partial charge in [0, 0.05) is 48.5 Å². The van der Waals surface area contributed by atoms with Crippen LogP contribution in [0.15, 0.2) is 60.8 Å². The molecule has 1 atom stereocenters. The highest BCUT2D eigenvalue weighted by molar-refractivity contribution is 7.21. The summed E-state index contributed by atoms with van der Waals surface area (Å²) in [6.45, 7) is 2.91. The van der Waals surface area contributed by atoms with E-state index in [1.54, 1.807) is 17.5 Å². The van der Waals surface area contributed by atoms with Crippen molar-refractivity contribution in [1.29, 1.82) is 0 Å². The molecule has 0 saturated carbocycles. The van der Waals surface area contributed by atoms with Gasteiger partial charge in [-0.15, -0.1) is 11.3 Å². The molecule has 0 unspecified atom stereocenters. The average molecular weight is 432 g/mol. The van der Waals surface area contributed by atoms with E-state index >= 15 is 0 Å². The minimum Gasteiger partial charge on any atom is -0.371 e. The lowest BCUT2D eigenvalue weighted by Crippen LogP contribution is -2.36. The third-order valence-electron chi connectivity index (χ3n) is 5.91. The predicted octanol–water partition coefficient (Wildman–Crippen LogP) is 4.72. The van der Waals surface area contributed by atoms with Crippen LogP contribution in [0, 0.1) is 0 Å². The van der Waals surface area contributed by atoms with E-state index in [1.165, 1.54) is 0 Å². The van der Waals surface area contributed by atoms with Gasteiger partial charge in [0.15, 0.2) is 0 Å². The number of benzene rings is 2. The first kappa shape index (κ1) is 20.1. The fourth-order valence-electron chi connectivity index (χ4n) is 4.30. The molecule has 0 spiro atoms. The Morgan fingerprint density at radius 2 is 2.00 bits per heavy atom. The fourth-order valence-corrected chi connectivity index (χ4v) is 5.55. The van der Waals surface area contributed by atoms with Crippen molar-refractivity contribution in [2.75, 3.05) is 33.8 Å². The molecular weight excluding hydrogens is 406 g/mol. The molecule has 2 aromatic carbocycles. The maximum atomic E-state index is 13.7. The van der Waals surface area contributed by atoms with Crippen LogP contribution in [0.3, 0.4) is 0 Å².